The third-order valence-electron chi connectivity index (χ3n) is 10.8. The van der Waals surface area contributed by atoms with Crippen LogP contribution in [-0.2, 0) is 0 Å². The van der Waals surface area contributed by atoms with Gasteiger partial charge in [0, 0.05) is 16.7 Å². The van der Waals surface area contributed by atoms with Crippen molar-refractivity contribution in [3.05, 3.63) is 206 Å². The van der Waals surface area contributed by atoms with Crippen molar-refractivity contribution in [1.82, 2.24) is 9.97 Å². The smallest absolute Gasteiger partial charge is 0.160 e. The molecule has 0 radical (unpaired) electrons. The van der Waals surface area contributed by atoms with E-state index in [9.17, 15) is 5.26 Å². The Bertz CT molecular complexity index is 3160. The highest BCUT2D eigenvalue weighted by Crippen LogP contribution is 2.38. The van der Waals surface area contributed by atoms with Crippen LogP contribution >= 0.6 is 0 Å². The van der Waals surface area contributed by atoms with Crippen molar-refractivity contribution in [3.63, 3.8) is 0 Å². The summed E-state index contributed by atoms with van der Waals surface area (Å²) < 4.78 is 0. The summed E-state index contributed by atoms with van der Waals surface area (Å²) >= 11 is 0. The molecule has 3 nitrogen and oxygen atoms in total. The number of hydrogen-bond donors (Lipinski definition) is 0. The maximum Gasteiger partial charge on any atom is 0.160 e. The number of benzene rings is 8. The average Bonchev–Trinajstić information content (AvgIpc) is 3.29. The molecule has 0 unspecified atom stereocenters. The summed E-state index contributed by atoms with van der Waals surface area (Å²) in [4.78, 5) is 10.3. The first kappa shape index (κ1) is 32.9. The molecule has 0 saturated heterocycles. The van der Waals surface area contributed by atoms with E-state index in [2.05, 4.69) is 176 Å². The van der Waals surface area contributed by atoms with Crippen molar-refractivity contribution >= 4 is 53.9 Å². The summed E-state index contributed by atoms with van der Waals surface area (Å²) in [6.07, 6.45) is 0. The van der Waals surface area contributed by atoms with Crippen molar-refractivity contribution in [2.75, 3.05) is 0 Å². The number of rotatable bonds is 4. The highest BCUT2D eigenvalue weighted by molar-refractivity contribution is 6.26. The first-order chi connectivity index (χ1) is 27.7. The Morgan fingerprint density at radius 3 is 1.12 bits per heavy atom. The molecule has 0 bridgehead atoms. The van der Waals surface area contributed by atoms with Gasteiger partial charge in [0.2, 0.25) is 0 Å². The first-order valence-electron chi connectivity index (χ1n) is 18.8. The molecule has 10 aromatic rings. The fraction of sp³-hybridized carbons (Fsp3) is 0. The van der Waals surface area contributed by atoms with Gasteiger partial charge in [0.05, 0.1) is 23.0 Å². The van der Waals surface area contributed by atoms with E-state index in [1.54, 1.807) is 0 Å². The Kier molecular flexibility index (Phi) is 8.21. The Morgan fingerprint density at radius 2 is 0.643 bits per heavy atom. The molecule has 3 heteroatoms. The van der Waals surface area contributed by atoms with E-state index in [0.29, 0.717) is 11.4 Å². The summed E-state index contributed by atoms with van der Waals surface area (Å²) in [5, 5.41) is 21.3. The van der Waals surface area contributed by atoms with Gasteiger partial charge in [-0.3, -0.25) is 0 Å². The SMILES string of the molecule is N#Cc1ccc(-c2nc(-c3ccc(-c4ccccc4)cc3)cc(-c3ccc4c5ccccc5c5ccccc5c5ccccc5c5ccccc5c4c3)n2)cc1. The largest absolute Gasteiger partial charge is 0.228 e. The summed E-state index contributed by atoms with van der Waals surface area (Å²) in [5.41, 5.74) is 7.38. The van der Waals surface area contributed by atoms with E-state index in [4.69, 9.17) is 9.97 Å². The Hall–Kier alpha value is -7.67. The Morgan fingerprint density at radius 1 is 0.286 bits per heavy atom. The maximum absolute atomic E-state index is 9.51. The minimum absolute atomic E-state index is 0.596. The molecule has 9 aromatic carbocycles. The molecule has 56 heavy (non-hydrogen) atoms. The van der Waals surface area contributed by atoms with Crippen LogP contribution in [-0.4, -0.2) is 9.97 Å². The first-order valence-corrected chi connectivity index (χ1v) is 18.8. The lowest BCUT2D eigenvalue weighted by molar-refractivity contribution is 1.18. The molecule has 260 valence electrons. The lowest BCUT2D eigenvalue weighted by Gasteiger charge is -2.12. The normalized spacial score (nSPS) is 11.2. The van der Waals surface area contributed by atoms with Crippen molar-refractivity contribution in [3.8, 4) is 51.1 Å². The van der Waals surface area contributed by atoms with Gasteiger partial charge in [0.15, 0.2) is 5.82 Å². The average molecular weight is 712 g/mol. The second-order valence-electron chi connectivity index (χ2n) is 14.0. The minimum atomic E-state index is 0.596. The Balaban J connectivity index is 1.27. The summed E-state index contributed by atoms with van der Waals surface area (Å²) in [7, 11) is 0. The van der Waals surface area contributed by atoms with E-state index in [1.807, 2.05) is 30.3 Å². The van der Waals surface area contributed by atoms with Crippen LogP contribution in [0.2, 0.25) is 0 Å². The molecule has 10 rings (SSSR count). The van der Waals surface area contributed by atoms with Crippen LogP contribution in [0, 0.1) is 11.3 Å². The van der Waals surface area contributed by atoms with E-state index < -0.39 is 0 Å². The van der Waals surface area contributed by atoms with E-state index in [-0.39, 0.29) is 0 Å². The predicted molar refractivity (Wildman–Crippen MR) is 234 cm³/mol. The summed E-state index contributed by atoms with van der Waals surface area (Å²) in [6.45, 7) is 0. The van der Waals surface area contributed by atoms with Gasteiger partial charge in [-0.05, 0) is 101 Å². The van der Waals surface area contributed by atoms with Crippen LogP contribution in [0.15, 0.2) is 200 Å². The number of nitriles is 1. The van der Waals surface area contributed by atoms with Crippen molar-refractivity contribution in [2.45, 2.75) is 0 Å². The fourth-order valence-electron chi connectivity index (χ4n) is 8.00. The molecule has 0 aliphatic carbocycles. The van der Waals surface area contributed by atoms with Crippen LogP contribution < -0.4 is 0 Å². The van der Waals surface area contributed by atoms with Crippen LogP contribution in [0.1, 0.15) is 5.56 Å². The predicted octanol–water partition coefficient (Wildman–Crippen LogP) is 13.9. The third-order valence-corrected chi connectivity index (χ3v) is 10.8. The molecule has 0 spiro atoms. The number of nitrogens with zero attached hydrogens (tertiary/aromatic N) is 3. The second-order valence-corrected chi connectivity index (χ2v) is 14.0. The topological polar surface area (TPSA) is 49.6 Å². The fourth-order valence-corrected chi connectivity index (χ4v) is 8.00. The molecular formula is C53H33N3. The lowest BCUT2D eigenvalue weighted by Crippen LogP contribution is -1.96. The lowest BCUT2D eigenvalue weighted by atomic mass is 9.93. The van der Waals surface area contributed by atoms with Gasteiger partial charge in [0.25, 0.3) is 0 Å². The van der Waals surface area contributed by atoms with E-state index in [0.717, 1.165) is 49.8 Å². The number of aromatic nitrogens is 2. The van der Waals surface area contributed by atoms with Crippen LogP contribution in [0.3, 0.4) is 0 Å². The van der Waals surface area contributed by atoms with Crippen molar-refractivity contribution in [1.29, 1.82) is 5.26 Å². The monoisotopic (exact) mass is 711 g/mol. The summed E-state index contributed by atoms with van der Waals surface area (Å²) in [5.74, 6) is 0.602. The van der Waals surface area contributed by atoms with Crippen LogP contribution in [0.4, 0.5) is 0 Å². The minimum Gasteiger partial charge on any atom is -0.228 e. The molecule has 1 heterocycles. The molecule has 1 aromatic heterocycles. The van der Waals surface area contributed by atoms with Gasteiger partial charge in [0.1, 0.15) is 0 Å². The molecule has 0 saturated carbocycles. The number of hydrogen-bond acceptors (Lipinski definition) is 3. The second kappa shape index (κ2) is 14.0. The van der Waals surface area contributed by atoms with Gasteiger partial charge in [-0.15, -0.1) is 0 Å². The van der Waals surface area contributed by atoms with Crippen molar-refractivity contribution < 1.29 is 0 Å². The molecule has 0 aliphatic rings. The third kappa shape index (κ3) is 5.87. The standard InChI is InChI=1S/C53H33N3/c54-34-35-22-24-39(25-23-35)53-55-51(38-28-26-37(27-29-38)36-12-2-1-3-13-36)33-52(56-53)40-30-31-49-47-20-9-8-18-45(47)43-16-5-4-14-41(43)42-15-6-7-17-44(42)46-19-10-11-21-48(46)50(49)32-40/h1-33H. The molecule has 0 amide bonds. The zero-order valence-corrected chi connectivity index (χ0v) is 30.4. The zero-order valence-electron chi connectivity index (χ0n) is 30.4. The van der Waals surface area contributed by atoms with Gasteiger partial charge < -0.3 is 0 Å². The molecule has 0 atom stereocenters. The van der Waals surface area contributed by atoms with Gasteiger partial charge in [-0.2, -0.15) is 5.26 Å². The van der Waals surface area contributed by atoms with E-state index >= 15 is 0 Å². The van der Waals surface area contributed by atoms with Gasteiger partial charge >= 0.3 is 0 Å². The Labute approximate surface area is 324 Å². The van der Waals surface area contributed by atoms with E-state index in [1.165, 1.54) is 43.3 Å². The van der Waals surface area contributed by atoms with Gasteiger partial charge in [-0.1, -0.05) is 164 Å². The van der Waals surface area contributed by atoms with Crippen LogP contribution in [0.25, 0.3) is 98.9 Å². The molecule has 0 fully saturated rings. The molecule has 0 aliphatic heterocycles. The molecular weight excluding hydrogens is 679 g/mol. The number of fused-ring (bicyclic) bond motifs is 10. The highest BCUT2D eigenvalue weighted by Gasteiger charge is 2.14. The summed E-state index contributed by atoms with van der Waals surface area (Å²) in [6, 6.07) is 72.5. The van der Waals surface area contributed by atoms with Crippen molar-refractivity contribution in [2.24, 2.45) is 0 Å². The quantitative estimate of drug-likeness (QED) is 0.183. The van der Waals surface area contributed by atoms with Gasteiger partial charge in [-0.25, -0.2) is 9.97 Å². The highest BCUT2D eigenvalue weighted by atomic mass is 14.9. The molecule has 0 N–H and O–H groups in total. The zero-order chi connectivity index (χ0) is 37.4. The van der Waals surface area contributed by atoms with Crippen LogP contribution in [0.5, 0.6) is 0 Å². The maximum atomic E-state index is 9.51.